The van der Waals surface area contributed by atoms with Gasteiger partial charge in [0.1, 0.15) is 11.4 Å². The van der Waals surface area contributed by atoms with E-state index in [1.165, 1.54) is 0 Å². The molecule has 1 N–H and O–H groups in total. The van der Waals surface area contributed by atoms with Gasteiger partial charge in [-0.25, -0.2) is 4.98 Å². The summed E-state index contributed by atoms with van der Waals surface area (Å²) >= 11 is 0. The minimum Gasteiger partial charge on any atom is -0.497 e. The lowest BCUT2D eigenvalue weighted by Gasteiger charge is -2.08. The van der Waals surface area contributed by atoms with Crippen LogP contribution in [0.1, 0.15) is 33.0 Å². The zero-order valence-electron chi connectivity index (χ0n) is 17.6. The molecule has 3 heterocycles. The molecule has 30 heavy (non-hydrogen) atoms. The number of aryl methyl sites for hydroxylation is 3. The van der Waals surface area contributed by atoms with E-state index < -0.39 is 0 Å². The molecule has 0 aliphatic heterocycles. The van der Waals surface area contributed by atoms with Gasteiger partial charge in [0.2, 0.25) is 0 Å². The van der Waals surface area contributed by atoms with E-state index in [1.54, 1.807) is 13.2 Å². The van der Waals surface area contributed by atoms with Crippen molar-refractivity contribution in [1.29, 1.82) is 0 Å². The Bertz CT molecular complexity index is 1240. The second-order valence-electron chi connectivity index (χ2n) is 7.21. The summed E-state index contributed by atoms with van der Waals surface area (Å²) < 4.78 is 12.5. The highest BCUT2D eigenvalue weighted by Crippen LogP contribution is 2.31. The van der Waals surface area contributed by atoms with E-state index in [1.807, 2.05) is 56.8 Å². The summed E-state index contributed by atoms with van der Waals surface area (Å²) in [6.45, 7) is 6.13. The van der Waals surface area contributed by atoms with Crippen LogP contribution in [-0.2, 0) is 13.6 Å². The third-order valence-corrected chi connectivity index (χ3v) is 5.27. The highest BCUT2D eigenvalue weighted by Gasteiger charge is 2.21. The predicted octanol–water partition coefficient (Wildman–Crippen LogP) is 3.49. The second kappa shape index (κ2) is 7.62. The summed E-state index contributed by atoms with van der Waals surface area (Å²) in [7, 11) is 3.50. The van der Waals surface area contributed by atoms with Gasteiger partial charge < -0.3 is 14.6 Å². The van der Waals surface area contributed by atoms with Crippen molar-refractivity contribution < 1.29 is 14.1 Å². The number of hydrogen-bond donors (Lipinski definition) is 1. The topological polar surface area (TPSA) is 95.1 Å². The Hall–Kier alpha value is -3.68. The molecule has 154 valence electrons. The quantitative estimate of drug-likeness (QED) is 0.546. The van der Waals surface area contributed by atoms with Crippen LogP contribution in [0.25, 0.3) is 22.4 Å². The van der Waals surface area contributed by atoms with Gasteiger partial charge in [0.25, 0.3) is 11.6 Å². The zero-order valence-corrected chi connectivity index (χ0v) is 17.6. The van der Waals surface area contributed by atoms with Crippen LogP contribution in [0.4, 0.5) is 0 Å². The van der Waals surface area contributed by atoms with Crippen molar-refractivity contribution in [1.82, 2.24) is 25.2 Å². The van der Waals surface area contributed by atoms with Crippen LogP contribution in [0.2, 0.25) is 0 Å². The van der Waals surface area contributed by atoms with Gasteiger partial charge in [0.05, 0.1) is 23.8 Å². The average Bonchev–Trinajstić information content (AvgIpc) is 3.26. The van der Waals surface area contributed by atoms with Gasteiger partial charge >= 0.3 is 0 Å². The Morgan fingerprint density at radius 3 is 2.57 bits per heavy atom. The van der Waals surface area contributed by atoms with Crippen LogP contribution in [0, 0.1) is 20.8 Å². The van der Waals surface area contributed by atoms with Gasteiger partial charge in [-0.2, -0.15) is 5.10 Å². The highest BCUT2D eigenvalue weighted by molar-refractivity contribution is 6.09. The highest BCUT2D eigenvalue weighted by atomic mass is 16.5. The van der Waals surface area contributed by atoms with Gasteiger partial charge in [-0.3, -0.25) is 9.48 Å². The van der Waals surface area contributed by atoms with E-state index in [-0.39, 0.29) is 5.91 Å². The molecule has 4 aromatic rings. The standard InChI is InChI=1S/C22H23N5O3/c1-12-10-17(21(28)23-11-18-13(2)25-27(4)14(18)3)19-20(26-30-22(19)24-12)15-6-8-16(29-5)9-7-15/h6-10H,11H2,1-5H3,(H,23,28). The fraction of sp³-hybridized carbons (Fsp3) is 0.273. The van der Waals surface area contributed by atoms with E-state index in [0.29, 0.717) is 34.6 Å². The molecule has 0 aliphatic carbocycles. The van der Waals surface area contributed by atoms with Gasteiger partial charge in [-0.05, 0) is 51.1 Å². The van der Waals surface area contributed by atoms with Crippen molar-refractivity contribution in [2.75, 3.05) is 7.11 Å². The molecular weight excluding hydrogens is 382 g/mol. The van der Waals surface area contributed by atoms with Gasteiger partial charge in [0, 0.05) is 36.1 Å². The van der Waals surface area contributed by atoms with E-state index in [9.17, 15) is 4.79 Å². The van der Waals surface area contributed by atoms with E-state index >= 15 is 0 Å². The number of rotatable bonds is 5. The number of amides is 1. The molecule has 0 saturated carbocycles. The van der Waals surface area contributed by atoms with Crippen molar-refractivity contribution in [3.05, 3.63) is 58.5 Å². The minimum absolute atomic E-state index is 0.217. The first kappa shape index (κ1) is 19.6. The first-order valence-corrected chi connectivity index (χ1v) is 9.57. The van der Waals surface area contributed by atoms with Crippen molar-refractivity contribution >= 4 is 17.0 Å². The smallest absolute Gasteiger partial charge is 0.259 e. The molecule has 4 rings (SSSR count). The van der Waals surface area contributed by atoms with Crippen LogP contribution in [0.15, 0.2) is 34.9 Å². The van der Waals surface area contributed by atoms with Crippen LogP contribution in [-0.4, -0.2) is 32.9 Å². The molecule has 1 aromatic carbocycles. The molecule has 8 heteroatoms. The summed E-state index contributed by atoms with van der Waals surface area (Å²) in [6, 6.07) is 9.18. The van der Waals surface area contributed by atoms with E-state index in [4.69, 9.17) is 9.26 Å². The normalized spacial score (nSPS) is 11.1. The van der Waals surface area contributed by atoms with Gasteiger partial charge in [-0.15, -0.1) is 0 Å². The first-order valence-electron chi connectivity index (χ1n) is 9.57. The number of aromatic nitrogens is 4. The second-order valence-corrected chi connectivity index (χ2v) is 7.21. The minimum atomic E-state index is -0.217. The van der Waals surface area contributed by atoms with Crippen LogP contribution < -0.4 is 10.1 Å². The average molecular weight is 405 g/mol. The third kappa shape index (κ3) is 3.41. The number of ether oxygens (including phenoxy) is 1. The van der Waals surface area contributed by atoms with Crippen molar-refractivity contribution in [2.45, 2.75) is 27.3 Å². The lowest BCUT2D eigenvalue weighted by molar-refractivity contribution is 0.0952. The first-order chi connectivity index (χ1) is 14.4. The number of nitrogens with zero attached hydrogens (tertiary/aromatic N) is 4. The molecule has 0 unspecified atom stereocenters. The lowest BCUT2D eigenvalue weighted by atomic mass is 10.0. The van der Waals surface area contributed by atoms with Gasteiger partial charge in [-0.1, -0.05) is 5.16 Å². The number of pyridine rings is 1. The predicted molar refractivity (Wildman–Crippen MR) is 112 cm³/mol. The maximum atomic E-state index is 13.1. The Kier molecular flexibility index (Phi) is 4.99. The Balaban J connectivity index is 1.72. The number of methoxy groups -OCH3 is 1. The molecule has 0 radical (unpaired) electrons. The summed E-state index contributed by atoms with van der Waals surface area (Å²) in [5.74, 6) is 0.520. The summed E-state index contributed by atoms with van der Waals surface area (Å²) in [4.78, 5) is 17.5. The molecule has 0 spiro atoms. The summed E-state index contributed by atoms with van der Waals surface area (Å²) in [5, 5.41) is 12.2. The molecule has 1 amide bonds. The van der Waals surface area contributed by atoms with Crippen molar-refractivity contribution in [2.24, 2.45) is 7.05 Å². The van der Waals surface area contributed by atoms with Crippen molar-refractivity contribution in [3.8, 4) is 17.0 Å². The monoisotopic (exact) mass is 405 g/mol. The number of benzene rings is 1. The zero-order chi connectivity index (χ0) is 21.4. The fourth-order valence-corrected chi connectivity index (χ4v) is 3.54. The third-order valence-electron chi connectivity index (χ3n) is 5.27. The van der Waals surface area contributed by atoms with Crippen LogP contribution in [0.3, 0.4) is 0 Å². The molecule has 3 aromatic heterocycles. The van der Waals surface area contributed by atoms with Gasteiger partial charge in [0.15, 0.2) is 0 Å². The molecule has 8 nitrogen and oxygen atoms in total. The largest absolute Gasteiger partial charge is 0.497 e. The maximum Gasteiger partial charge on any atom is 0.259 e. The fourth-order valence-electron chi connectivity index (χ4n) is 3.54. The SMILES string of the molecule is COc1ccc(-c2noc3nc(C)cc(C(=O)NCc4c(C)nn(C)c4C)c23)cc1. The Morgan fingerprint density at radius 2 is 1.93 bits per heavy atom. The van der Waals surface area contributed by atoms with Crippen molar-refractivity contribution in [3.63, 3.8) is 0 Å². The van der Waals surface area contributed by atoms with E-state index in [2.05, 4.69) is 20.6 Å². The molecular formula is C22H23N5O3. The summed E-state index contributed by atoms with van der Waals surface area (Å²) in [6.07, 6.45) is 0. The number of fused-ring (bicyclic) bond motifs is 1. The number of hydrogen-bond acceptors (Lipinski definition) is 6. The number of carbonyl (C=O) groups is 1. The number of carbonyl (C=O) groups excluding carboxylic acids is 1. The molecule has 0 fully saturated rings. The summed E-state index contributed by atoms with van der Waals surface area (Å²) in [5.41, 5.74) is 5.80. The van der Waals surface area contributed by atoms with E-state index in [0.717, 1.165) is 28.3 Å². The Morgan fingerprint density at radius 1 is 1.20 bits per heavy atom. The Labute approximate surface area is 173 Å². The molecule has 0 saturated heterocycles. The number of nitrogens with one attached hydrogen (secondary N) is 1. The lowest BCUT2D eigenvalue weighted by Crippen LogP contribution is -2.24. The molecule has 0 bridgehead atoms. The molecule has 0 atom stereocenters. The van der Waals surface area contributed by atoms with Crippen LogP contribution in [0.5, 0.6) is 5.75 Å². The molecule has 0 aliphatic rings. The van der Waals surface area contributed by atoms with Crippen LogP contribution >= 0.6 is 0 Å². The maximum absolute atomic E-state index is 13.1.